The molecular weight excluding hydrogens is 318 g/mol. The average molecular weight is 335 g/mol. The third-order valence-electron chi connectivity index (χ3n) is 3.38. The Morgan fingerprint density at radius 3 is 2.62 bits per heavy atom. The zero-order valence-corrected chi connectivity index (χ0v) is 13.2. The van der Waals surface area contributed by atoms with E-state index in [-0.39, 0.29) is 17.1 Å². The molecule has 2 amide bonds. The number of carbonyl (C=O) groups excluding carboxylic acids is 2. The topological polar surface area (TPSA) is 151 Å². The van der Waals surface area contributed by atoms with Crippen LogP contribution in [-0.4, -0.2) is 36.3 Å². The monoisotopic (exact) mass is 335 g/mol. The summed E-state index contributed by atoms with van der Waals surface area (Å²) in [7, 11) is 0. The van der Waals surface area contributed by atoms with E-state index in [1.54, 1.807) is 6.92 Å². The Bertz CT molecular complexity index is 779. The van der Waals surface area contributed by atoms with Crippen molar-refractivity contribution in [2.45, 2.75) is 32.9 Å². The molecule has 2 heterocycles. The van der Waals surface area contributed by atoms with Gasteiger partial charge in [0.2, 0.25) is 5.91 Å². The molecule has 0 aliphatic carbocycles. The van der Waals surface area contributed by atoms with Gasteiger partial charge < -0.3 is 11.1 Å². The van der Waals surface area contributed by atoms with Crippen LogP contribution in [0, 0.1) is 10.1 Å². The molecule has 0 aliphatic heterocycles. The van der Waals surface area contributed by atoms with E-state index in [1.165, 1.54) is 21.8 Å². The number of nitrogens with one attached hydrogen (secondary N) is 1. The minimum Gasteiger partial charge on any atom is -0.364 e. The van der Waals surface area contributed by atoms with Crippen LogP contribution in [-0.2, 0) is 11.3 Å². The van der Waals surface area contributed by atoms with Crippen molar-refractivity contribution in [2.75, 3.05) is 5.32 Å². The molecule has 1 unspecified atom stereocenters. The molecule has 0 aliphatic rings. The van der Waals surface area contributed by atoms with Gasteiger partial charge in [-0.1, -0.05) is 6.92 Å². The number of anilines is 1. The maximum atomic E-state index is 12.5. The molecule has 11 heteroatoms. The van der Waals surface area contributed by atoms with Gasteiger partial charge in [0.15, 0.2) is 5.69 Å². The number of nitro groups is 1. The number of nitrogens with two attached hydrogens (primary N) is 1. The summed E-state index contributed by atoms with van der Waals surface area (Å²) in [6, 6.07) is -0.774. The van der Waals surface area contributed by atoms with Crippen LogP contribution in [0.5, 0.6) is 0 Å². The van der Waals surface area contributed by atoms with E-state index in [4.69, 9.17) is 5.73 Å². The molecule has 0 spiro atoms. The largest absolute Gasteiger partial charge is 0.364 e. The smallest absolute Gasteiger partial charge is 0.307 e. The Labute approximate surface area is 136 Å². The van der Waals surface area contributed by atoms with Crippen molar-refractivity contribution in [3.8, 4) is 0 Å². The van der Waals surface area contributed by atoms with Crippen molar-refractivity contribution in [3.63, 3.8) is 0 Å². The highest BCUT2D eigenvalue weighted by atomic mass is 16.6. The number of aryl methyl sites for hydroxylation is 1. The Hall–Kier alpha value is -3.24. The van der Waals surface area contributed by atoms with Crippen molar-refractivity contribution in [1.82, 2.24) is 19.6 Å². The van der Waals surface area contributed by atoms with Gasteiger partial charge in [-0.3, -0.25) is 29.1 Å². The molecule has 0 fully saturated rings. The first-order chi connectivity index (χ1) is 11.4. The van der Waals surface area contributed by atoms with Crippen molar-refractivity contribution >= 4 is 23.2 Å². The maximum absolute atomic E-state index is 12.5. The molecule has 0 aromatic carbocycles. The quantitative estimate of drug-likeness (QED) is 0.561. The standard InChI is InChI=1S/C13H17N7O4/c1-3-10(19-6-8(5-15-19)20(23)24)13(22)16-9-7-18(4-2)17-11(9)12(14)21/h5-7,10H,3-4H2,1-2H3,(H2,14,21)(H,16,22). The summed E-state index contributed by atoms with van der Waals surface area (Å²) in [4.78, 5) is 34.0. The van der Waals surface area contributed by atoms with E-state index in [9.17, 15) is 19.7 Å². The first kappa shape index (κ1) is 17.1. The van der Waals surface area contributed by atoms with Gasteiger partial charge in [0.05, 0.1) is 10.6 Å². The van der Waals surface area contributed by atoms with E-state index >= 15 is 0 Å². The fourth-order valence-corrected chi connectivity index (χ4v) is 2.16. The molecule has 2 aromatic heterocycles. The molecule has 24 heavy (non-hydrogen) atoms. The van der Waals surface area contributed by atoms with E-state index in [2.05, 4.69) is 15.5 Å². The van der Waals surface area contributed by atoms with Crippen LogP contribution in [0.25, 0.3) is 0 Å². The Kier molecular flexibility index (Phi) is 4.92. The van der Waals surface area contributed by atoms with E-state index < -0.39 is 22.8 Å². The second-order valence-electron chi connectivity index (χ2n) is 4.96. The highest BCUT2D eigenvalue weighted by molar-refractivity contribution is 6.02. The van der Waals surface area contributed by atoms with Crippen molar-refractivity contribution in [1.29, 1.82) is 0 Å². The molecule has 1 atom stereocenters. The zero-order valence-electron chi connectivity index (χ0n) is 13.2. The number of aromatic nitrogens is 4. The van der Waals surface area contributed by atoms with Crippen LogP contribution in [0.15, 0.2) is 18.6 Å². The minimum atomic E-state index is -0.774. The van der Waals surface area contributed by atoms with Gasteiger partial charge in [0, 0.05) is 12.7 Å². The third kappa shape index (κ3) is 3.39. The fraction of sp³-hybridized carbons (Fsp3) is 0.385. The van der Waals surface area contributed by atoms with E-state index in [1.807, 2.05) is 6.92 Å². The van der Waals surface area contributed by atoms with E-state index in [0.29, 0.717) is 13.0 Å². The number of rotatable bonds is 7. The van der Waals surface area contributed by atoms with Gasteiger partial charge >= 0.3 is 5.69 Å². The lowest BCUT2D eigenvalue weighted by molar-refractivity contribution is -0.385. The Balaban J connectivity index is 2.24. The number of hydrogen-bond donors (Lipinski definition) is 2. The SMILES string of the molecule is CCC(C(=O)Nc1cn(CC)nc1C(N)=O)n1cc([N+](=O)[O-])cn1. The van der Waals surface area contributed by atoms with Gasteiger partial charge in [0.25, 0.3) is 5.91 Å². The van der Waals surface area contributed by atoms with Gasteiger partial charge in [-0.15, -0.1) is 0 Å². The summed E-state index contributed by atoms with van der Waals surface area (Å²) in [5.74, 6) is -1.24. The second kappa shape index (κ2) is 6.89. The summed E-state index contributed by atoms with van der Waals surface area (Å²) in [6.45, 7) is 4.06. The first-order valence-corrected chi connectivity index (χ1v) is 7.24. The van der Waals surface area contributed by atoms with Crippen LogP contribution < -0.4 is 11.1 Å². The summed E-state index contributed by atoms with van der Waals surface area (Å²) >= 11 is 0. The first-order valence-electron chi connectivity index (χ1n) is 7.24. The van der Waals surface area contributed by atoms with Gasteiger partial charge in [-0.05, 0) is 13.3 Å². The third-order valence-corrected chi connectivity index (χ3v) is 3.38. The Morgan fingerprint density at radius 2 is 2.12 bits per heavy atom. The van der Waals surface area contributed by atoms with Crippen LogP contribution in [0.3, 0.4) is 0 Å². The molecule has 0 saturated heterocycles. The molecule has 2 aromatic rings. The van der Waals surface area contributed by atoms with Crippen molar-refractivity contribution in [2.24, 2.45) is 5.73 Å². The lowest BCUT2D eigenvalue weighted by atomic mass is 10.2. The van der Waals surface area contributed by atoms with Gasteiger partial charge in [0.1, 0.15) is 18.4 Å². The zero-order chi connectivity index (χ0) is 17.9. The highest BCUT2D eigenvalue weighted by Gasteiger charge is 2.24. The predicted molar refractivity (Wildman–Crippen MR) is 83.3 cm³/mol. The van der Waals surface area contributed by atoms with Crippen LogP contribution >= 0.6 is 0 Å². The Morgan fingerprint density at radius 1 is 1.42 bits per heavy atom. The molecule has 0 bridgehead atoms. The van der Waals surface area contributed by atoms with Crippen molar-refractivity contribution < 1.29 is 14.5 Å². The van der Waals surface area contributed by atoms with Gasteiger partial charge in [-0.25, -0.2) is 0 Å². The molecule has 0 saturated carbocycles. The fourth-order valence-electron chi connectivity index (χ4n) is 2.16. The summed E-state index contributed by atoms with van der Waals surface area (Å²) in [6.07, 6.45) is 4.09. The predicted octanol–water partition coefficient (Wildman–Crippen LogP) is 0.696. The molecule has 2 rings (SSSR count). The van der Waals surface area contributed by atoms with Crippen LogP contribution in [0.1, 0.15) is 36.8 Å². The number of nitrogens with zero attached hydrogens (tertiary/aromatic N) is 5. The molecule has 3 N–H and O–H groups in total. The number of hydrogen-bond acceptors (Lipinski definition) is 6. The lowest BCUT2D eigenvalue weighted by Crippen LogP contribution is -2.27. The molecular formula is C13H17N7O4. The van der Waals surface area contributed by atoms with Crippen molar-refractivity contribution in [3.05, 3.63) is 34.4 Å². The summed E-state index contributed by atoms with van der Waals surface area (Å²) < 4.78 is 2.68. The minimum absolute atomic E-state index is 0.0495. The summed E-state index contributed by atoms with van der Waals surface area (Å²) in [5.41, 5.74) is 5.19. The van der Waals surface area contributed by atoms with Gasteiger partial charge in [-0.2, -0.15) is 10.2 Å². The number of primary amides is 1. The summed E-state index contributed by atoms with van der Waals surface area (Å²) in [5, 5.41) is 21.1. The normalized spacial score (nSPS) is 11.9. The maximum Gasteiger partial charge on any atom is 0.307 e. The van der Waals surface area contributed by atoms with Crippen LogP contribution in [0.4, 0.5) is 11.4 Å². The molecule has 11 nitrogen and oxygen atoms in total. The lowest BCUT2D eigenvalue weighted by Gasteiger charge is -2.14. The van der Waals surface area contributed by atoms with E-state index in [0.717, 1.165) is 6.20 Å². The molecule has 0 radical (unpaired) electrons. The second-order valence-corrected chi connectivity index (χ2v) is 4.96. The highest BCUT2D eigenvalue weighted by Crippen LogP contribution is 2.20. The number of amides is 2. The van der Waals surface area contributed by atoms with Crippen LogP contribution in [0.2, 0.25) is 0 Å². The average Bonchev–Trinajstić information content (AvgIpc) is 3.15. The number of carbonyl (C=O) groups is 2. The molecule has 128 valence electrons.